The normalized spacial score (nSPS) is 5.40. The van der Waals surface area contributed by atoms with Gasteiger partial charge in [0.1, 0.15) is 0 Å². The molecule has 0 atom stereocenters. The van der Waals surface area contributed by atoms with Gasteiger partial charge in [-0.25, -0.2) is 0 Å². The predicted molar refractivity (Wildman–Crippen MR) is 11.5 cm³/mol. The van der Waals surface area contributed by atoms with Gasteiger partial charge in [0.15, 0.2) is 0 Å². The van der Waals surface area contributed by atoms with E-state index in [9.17, 15) is 0 Å². The van der Waals surface area contributed by atoms with E-state index in [1.54, 1.807) is 0 Å². The van der Waals surface area contributed by atoms with Gasteiger partial charge in [-0.15, -0.1) is 0 Å². The second-order valence-corrected chi connectivity index (χ2v) is 1.39. The van der Waals surface area contributed by atoms with E-state index in [2.05, 4.69) is 0 Å². The Hall–Kier alpha value is 2.10. The van der Waals surface area contributed by atoms with E-state index in [4.69, 9.17) is 10.0 Å². The Morgan fingerprint density at radius 3 is 1.40 bits per heavy atom. The van der Waals surface area contributed by atoms with Gasteiger partial charge in [-0.1, -0.05) is 0 Å². The van der Waals surface area contributed by atoms with Crippen LogP contribution in [0.1, 0.15) is 0 Å². The average Bonchev–Trinajstić information content (AvgIpc) is 0.811. The van der Waals surface area contributed by atoms with Crippen molar-refractivity contribution in [2.75, 3.05) is 0 Å². The molecule has 0 fully saturated rings. The first-order valence-corrected chi connectivity index (χ1v) is 2.05. The minimum atomic E-state index is -1.66. The van der Waals surface area contributed by atoms with Gasteiger partial charge in [0.2, 0.25) is 0 Å². The number of hydrogen-bond donors (Lipinski definition) is 0. The van der Waals surface area contributed by atoms with E-state index in [1.807, 2.05) is 0 Å². The molecule has 0 bridgehead atoms. The zero-order valence-electron chi connectivity index (χ0n) is 2.16. The standard InChI is InChI=1S/BO2Te.Gd/c2-1(3)4;/q-3;+3. The summed E-state index contributed by atoms with van der Waals surface area (Å²) in [5.74, 6) is 0. The van der Waals surface area contributed by atoms with Gasteiger partial charge in [0.25, 0.3) is 0 Å². The van der Waals surface area contributed by atoms with Crippen molar-refractivity contribution >= 4 is 27.1 Å². The zero-order valence-corrected chi connectivity index (χ0v) is 6.75. The summed E-state index contributed by atoms with van der Waals surface area (Å²) < 4.78 is 0. The maximum atomic E-state index is 8.98. The molecule has 0 aliphatic carbocycles. The molecule has 0 saturated heterocycles. The van der Waals surface area contributed by atoms with Crippen LogP contribution in [-0.2, 0) is 0 Å². The molecule has 0 aliphatic heterocycles. The van der Waals surface area contributed by atoms with Crippen LogP contribution < -0.4 is 10.0 Å². The SMILES string of the molecule is [Gd+3].[O-]B([O-])[Te-]. The Bertz CT molecular complexity index is 14.4. The van der Waals surface area contributed by atoms with Crippen LogP contribution in [0.4, 0.5) is 0 Å². The fourth-order valence-corrected chi connectivity index (χ4v) is 0. The summed E-state index contributed by atoms with van der Waals surface area (Å²) in [7, 11) is 0. The third-order valence-corrected chi connectivity index (χ3v) is 0. The summed E-state index contributed by atoms with van der Waals surface area (Å²) in [4.78, 5) is 0. The molecule has 0 aromatic rings. The van der Waals surface area contributed by atoms with Gasteiger partial charge < -0.3 is 0 Å². The van der Waals surface area contributed by atoms with Crippen molar-refractivity contribution in [3.8, 4) is 0 Å². The van der Waals surface area contributed by atoms with Crippen LogP contribution in [0.2, 0.25) is 0 Å². The summed E-state index contributed by atoms with van der Waals surface area (Å²) in [5, 5.41) is 16.3. The topological polar surface area (TPSA) is 46.1 Å². The molecule has 1 radical (unpaired) electrons. The van der Waals surface area contributed by atoms with Gasteiger partial charge in [-0.2, -0.15) is 0 Å². The average molecular weight is 328 g/mol. The van der Waals surface area contributed by atoms with Crippen molar-refractivity contribution < 1.29 is 50.0 Å². The summed E-state index contributed by atoms with van der Waals surface area (Å²) in [6.45, 7) is 0. The molecule has 0 rings (SSSR count). The first kappa shape index (κ1) is 10.2. The fraction of sp³-hybridized carbons (Fsp3) is 0. The van der Waals surface area contributed by atoms with E-state index in [0.29, 0.717) is 0 Å². The van der Waals surface area contributed by atoms with Crippen molar-refractivity contribution in [2.24, 2.45) is 0 Å². The minimum absolute atomic E-state index is 0. The molecule has 0 unspecified atom stereocenters. The Morgan fingerprint density at radius 2 is 1.40 bits per heavy atom. The molecular formula is BGdO2Te. The third kappa shape index (κ3) is 23.3. The van der Waals surface area contributed by atoms with Crippen LogP contribution >= 0.6 is 0 Å². The van der Waals surface area contributed by atoms with E-state index in [0.717, 1.165) is 22.1 Å². The van der Waals surface area contributed by atoms with Gasteiger partial charge in [-0.05, 0) is 0 Å². The molecule has 5 heavy (non-hydrogen) atoms. The van der Waals surface area contributed by atoms with Gasteiger partial charge >= 0.3 is 77.1 Å². The number of hydrogen-bond acceptors (Lipinski definition) is 2. The summed E-state index contributed by atoms with van der Waals surface area (Å²) >= 11 is 0.997. The van der Waals surface area contributed by atoms with Crippen LogP contribution in [0.25, 0.3) is 0 Å². The molecule has 0 heterocycles. The summed E-state index contributed by atoms with van der Waals surface area (Å²) in [5.41, 5.74) is 0. The van der Waals surface area contributed by atoms with Crippen molar-refractivity contribution in [2.45, 2.75) is 0 Å². The van der Waals surface area contributed by atoms with Gasteiger partial charge in [-0.3, -0.25) is 0 Å². The van der Waals surface area contributed by atoms with Gasteiger partial charge in [0, 0.05) is 0 Å². The zero-order chi connectivity index (χ0) is 3.58. The van der Waals surface area contributed by atoms with Crippen LogP contribution in [0.15, 0.2) is 0 Å². The first-order valence-electron chi connectivity index (χ1n) is 0.707. The quantitative estimate of drug-likeness (QED) is 0.442. The molecule has 0 N–H and O–H groups in total. The molecule has 2 nitrogen and oxygen atoms in total. The second-order valence-electron chi connectivity index (χ2n) is 0.289. The Morgan fingerprint density at radius 1 is 1.40 bits per heavy atom. The summed E-state index contributed by atoms with van der Waals surface area (Å²) in [6.07, 6.45) is 0. The van der Waals surface area contributed by atoms with Crippen LogP contribution in [-0.4, -0.2) is 27.1 Å². The van der Waals surface area contributed by atoms with Crippen LogP contribution in [0, 0.1) is 39.9 Å². The summed E-state index contributed by atoms with van der Waals surface area (Å²) in [6, 6.07) is 0. The molecule has 29 valence electrons. The van der Waals surface area contributed by atoms with Crippen LogP contribution in [0.5, 0.6) is 0 Å². The first-order chi connectivity index (χ1) is 1.73. The third-order valence-electron chi connectivity index (χ3n) is 0. The van der Waals surface area contributed by atoms with E-state index >= 15 is 0 Å². The second kappa shape index (κ2) is 6.10. The monoisotopic (exact) mass is 331 g/mol. The Labute approximate surface area is 75.8 Å². The predicted octanol–water partition coefficient (Wildman–Crippen LogP) is -3.14. The fourth-order valence-electron chi connectivity index (χ4n) is 0. The Balaban J connectivity index is 0. The molecule has 0 aromatic heterocycles. The molecule has 5 heteroatoms. The van der Waals surface area contributed by atoms with Crippen molar-refractivity contribution in [3.05, 3.63) is 0 Å². The van der Waals surface area contributed by atoms with E-state index < -0.39 is 5.02 Å². The van der Waals surface area contributed by atoms with E-state index in [1.165, 1.54) is 0 Å². The molecular weight excluding hydrogens is 328 g/mol. The van der Waals surface area contributed by atoms with Crippen LogP contribution in [0.3, 0.4) is 0 Å². The van der Waals surface area contributed by atoms with Gasteiger partial charge in [0.05, 0.1) is 0 Å². The Kier molecular flexibility index (Phi) is 12.4. The number of rotatable bonds is 0. The molecule has 0 saturated carbocycles. The molecule has 0 aromatic carbocycles. The maximum absolute atomic E-state index is 8.98. The molecule has 0 aliphatic rings. The molecule has 0 amide bonds. The van der Waals surface area contributed by atoms with Crippen molar-refractivity contribution in [1.82, 2.24) is 0 Å². The van der Waals surface area contributed by atoms with Crippen molar-refractivity contribution in [3.63, 3.8) is 0 Å². The van der Waals surface area contributed by atoms with E-state index in [-0.39, 0.29) is 39.9 Å². The molecule has 0 spiro atoms. The van der Waals surface area contributed by atoms with Crippen molar-refractivity contribution in [1.29, 1.82) is 0 Å².